The number of aromatic nitrogens is 4. The van der Waals surface area contributed by atoms with E-state index in [1.165, 1.54) is 9.13 Å². The van der Waals surface area contributed by atoms with Gasteiger partial charge < -0.3 is 0 Å². The van der Waals surface area contributed by atoms with Crippen molar-refractivity contribution in [1.29, 1.82) is 0 Å². The third-order valence-electron chi connectivity index (χ3n) is 4.96. The van der Waals surface area contributed by atoms with Crippen LogP contribution in [0.5, 0.6) is 0 Å². The number of hydrogen-bond acceptors (Lipinski definition) is 5. The van der Waals surface area contributed by atoms with Gasteiger partial charge in [0.25, 0.3) is 5.56 Å². The van der Waals surface area contributed by atoms with Crippen molar-refractivity contribution in [3.63, 3.8) is 0 Å². The predicted molar refractivity (Wildman–Crippen MR) is 101 cm³/mol. The second-order valence-corrected chi connectivity index (χ2v) is 6.74. The third kappa shape index (κ3) is 2.29. The van der Waals surface area contributed by atoms with Gasteiger partial charge >= 0.3 is 5.69 Å². The van der Waals surface area contributed by atoms with Crippen LogP contribution < -0.4 is 16.7 Å². The van der Waals surface area contributed by atoms with Crippen LogP contribution in [0.2, 0.25) is 0 Å². The number of hydrazone groups is 1. The molecule has 1 atom stereocenters. The molecule has 1 aliphatic rings. The van der Waals surface area contributed by atoms with Gasteiger partial charge in [0, 0.05) is 7.05 Å². The molecule has 3 heterocycles. The van der Waals surface area contributed by atoms with Crippen LogP contribution in [0, 0.1) is 6.92 Å². The molecule has 134 valence electrons. The Morgan fingerprint density at radius 3 is 2.54 bits per heavy atom. The van der Waals surface area contributed by atoms with Crippen molar-refractivity contribution in [1.82, 2.24) is 18.7 Å². The van der Waals surface area contributed by atoms with Gasteiger partial charge in [0.1, 0.15) is 0 Å². The van der Waals surface area contributed by atoms with E-state index in [0.717, 1.165) is 16.8 Å². The maximum absolute atomic E-state index is 13.2. The molecular weight excluding hydrogens is 332 g/mol. The number of imidazole rings is 1. The first-order chi connectivity index (χ1) is 12.4. The Labute approximate surface area is 149 Å². The van der Waals surface area contributed by atoms with Gasteiger partial charge in [0.15, 0.2) is 11.2 Å². The van der Waals surface area contributed by atoms with Gasteiger partial charge in [0.2, 0.25) is 5.95 Å². The van der Waals surface area contributed by atoms with Crippen LogP contribution in [-0.4, -0.2) is 24.4 Å². The van der Waals surface area contributed by atoms with Crippen LogP contribution in [0.4, 0.5) is 5.95 Å². The second-order valence-electron chi connectivity index (χ2n) is 6.74. The van der Waals surface area contributed by atoms with Crippen molar-refractivity contribution in [3.8, 4) is 0 Å². The van der Waals surface area contributed by atoms with Gasteiger partial charge in [-0.05, 0) is 26.3 Å². The molecular formula is C18H20N6O2. The van der Waals surface area contributed by atoms with E-state index in [1.807, 2.05) is 49.6 Å². The molecule has 0 unspecified atom stereocenters. The van der Waals surface area contributed by atoms with Crippen LogP contribution >= 0.6 is 0 Å². The fourth-order valence-corrected chi connectivity index (χ4v) is 3.23. The quantitative estimate of drug-likeness (QED) is 0.759. The highest BCUT2D eigenvalue weighted by atomic mass is 16.2. The molecule has 0 saturated carbocycles. The number of nitrogens with zero attached hydrogens (tertiary/aromatic N) is 5. The fraction of sp³-hybridized carbons (Fsp3) is 0.333. The van der Waals surface area contributed by atoms with Crippen LogP contribution in [-0.2, 0) is 13.6 Å². The first-order valence-electron chi connectivity index (χ1n) is 8.46. The largest absolute Gasteiger partial charge is 0.332 e. The van der Waals surface area contributed by atoms with Crippen molar-refractivity contribution in [2.75, 3.05) is 5.43 Å². The van der Waals surface area contributed by atoms with E-state index in [1.54, 1.807) is 7.05 Å². The normalized spacial score (nSPS) is 16.3. The standard InChI is InChI=1S/C18H20N6O2/c1-10-5-7-13(8-6-10)9-23-16(25)14-15(22(4)18(23)26)19-17-21-20-11(2)12(3)24(14)17/h5-8,12H,9H2,1-4H3,(H,19,21)/t12-/m0/s1. The molecule has 1 N–H and O–H groups in total. The van der Waals surface area contributed by atoms with Crippen LogP contribution in [0.1, 0.15) is 31.0 Å². The molecule has 4 rings (SSSR count). The minimum absolute atomic E-state index is 0.116. The van der Waals surface area contributed by atoms with Gasteiger partial charge in [-0.25, -0.2) is 10.2 Å². The van der Waals surface area contributed by atoms with Crippen molar-refractivity contribution in [3.05, 3.63) is 56.2 Å². The molecule has 26 heavy (non-hydrogen) atoms. The summed E-state index contributed by atoms with van der Waals surface area (Å²) >= 11 is 0. The lowest BCUT2D eigenvalue weighted by atomic mass is 10.1. The van der Waals surface area contributed by atoms with Crippen LogP contribution in [0.3, 0.4) is 0 Å². The van der Waals surface area contributed by atoms with E-state index in [-0.39, 0.29) is 23.8 Å². The minimum atomic E-state index is -0.385. The van der Waals surface area contributed by atoms with Crippen molar-refractivity contribution in [2.24, 2.45) is 12.1 Å². The lowest BCUT2D eigenvalue weighted by Gasteiger charge is -2.21. The molecule has 0 bridgehead atoms. The van der Waals surface area contributed by atoms with E-state index in [9.17, 15) is 9.59 Å². The zero-order chi connectivity index (χ0) is 18.6. The summed E-state index contributed by atoms with van der Waals surface area (Å²) in [7, 11) is 1.63. The highest BCUT2D eigenvalue weighted by Crippen LogP contribution is 2.25. The summed E-state index contributed by atoms with van der Waals surface area (Å²) in [6, 6.07) is 7.68. The smallest absolute Gasteiger partial charge is 0.294 e. The van der Waals surface area contributed by atoms with Gasteiger partial charge in [-0.2, -0.15) is 10.1 Å². The molecule has 1 aliphatic heterocycles. The van der Waals surface area contributed by atoms with Gasteiger partial charge in [-0.3, -0.25) is 18.5 Å². The van der Waals surface area contributed by atoms with Gasteiger partial charge in [-0.1, -0.05) is 29.8 Å². The third-order valence-corrected chi connectivity index (χ3v) is 4.96. The first-order valence-corrected chi connectivity index (χ1v) is 8.46. The number of nitrogens with one attached hydrogen (secondary N) is 1. The highest BCUT2D eigenvalue weighted by Gasteiger charge is 2.26. The predicted octanol–water partition coefficient (Wildman–Crippen LogP) is 1.62. The molecule has 8 heteroatoms. The molecule has 3 aromatic rings. The summed E-state index contributed by atoms with van der Waals surface area (Å²) < 4.78 is 4.49. The van der Waals surface area contributed by atoms with Crippen molar-refractivity contribution in [2.45, 2.75) is 33.4 Å². The number of anilines is 1. The lowest BCUT2D eigenvalue weighted by molar-refractivity contribution is 0.645. The summed E-state index contributed by atoms with van der Waals surface area (Å²) in [4.78, 5) is 30.4. The topological polar surface area (TPSA) is 86.2 Å². The minimum Gasteiger partial charge on any atom is -0.294 e. The monoisotopic (exact) mass is 352 g/mol. The van der Waals surface area contributed by atoms with E-state index in [2.05, 4.69) is 15.5 Å². The molecule has 0 amide bonds. The first kappa shape index (κ1) is 16.3. The van der Waals surface area contributed by atoms with E-state index < -0.39 is 0 Å². The molecule has 1 aromatic carbocycles. The number of fused-ring (bicyclic) bond motifs is 3. The van der Waals surface area contributed by atoms with E-state index in [4.69, 9.17) is 0 Å². The summed E-state index contributed by atoms with van der Waals surface area (Å²) in [5, 5.41) is 4.21. The summed E-state index contributed by atoms with van der Waals surface area (Å²) in [6.07, 6.45) is 0. The SMILES string of the molecule is CC1=NNc2nc3c(c(=O)n(Cc4ccc(C)cc4)c(=O)n3C)n2[C@H]1C. The molecule has 0 aliphatic carbocycles. The number of rotatable bonds is 2. The van der Waals surface area contributed by atoms with Crippen molar-refractivity contribution >= 4 is 22.8 Å². The summed E-state index contributed by atoms with van der Waals surface area (Å²) in [5.74, 6) is 0.471. The molecule has 0 fully saturated rings. The molecule has 0 radical (unpaired) electrons. The van der Waals surface area contributed by atoms with E-state index in [0.29, 0.717) is 17.1 Å². The zero-order valence-electron chi connectivity index (χ0n) is 15.1. The Morgan fingerprint density at radius 1 is 1.15 bits per heavy atom. The Morgan fingerprint density at radius 2 is 1.85 bits per heavy atom. The summed E-state index contributed by atoms with van der Waals surface area (Å²) in [6.45, 7) is 6.06. The number of benzene rings is 1. The lowest BCUT2D eigenvalue weighted by Crippen LogP contribution is -2.40. The van der Waals surface area contributed by atoms with Crippen molar-refractivity contribution < 1.29 is 0 Å². The molecule has 0 saturated heterocycles. The Hall–Kier alpha value is -3.16. The Bertz CT molecular complexity index is 1160. The summed E-state index contributed by atoms with van der Waals surface area (Å²) in [5.41, 5.74) is 5.77. The Balaban J connectivity index is 1.97. The van der Waals surface area contributed by atoms with Crippen LogP contribution in [0.25, 0.3) is 11.2 Å². The number of aryl methyl sites for hydroxylation is 2. The molecule has 0 spiro atoms. The maximum Gasteiger partial charge on any atom is 0.332 e. The second kappa shape index (κ2) is 5.69. The highest BCUT2D eigenvalue weighted by molar-refractivity contribution is 5.90. The molecule has 8 nitrogen and oxygen atoms in total. The fourth-order valence-electron chi connectivity index (χ4n) is 3.23. The van der Waals surface area contributed by atoms with Crippen LogP contribution in [0.15, 0.2) is 39.0 Å². The average molecular weight is 352 g/mol. The zero-order valence-corrected chi connectivity index (χ0v) is 15.1. The maximum atomic E-state index is 13.2. The molecule has 2 aromatic heterocycles. The number of hydrogen-bond donors (Lipinski definition) is 1. The van der Waals surface area contributed by atoms with E-state index >= 15 is 0 Å². The Kier molecular flexibility index (Phi) is 3.57. The van der Waals surface area contributed by atoms with Gasteiger partial charge in [0.05, 0.1) is 18.3 Å². The average Bonchev–Trinajstić information content (AvgIpc) is 3.02. The van der Waals surface area contributed by atoms with Gasteiger partial charge in [-0.15, -0.1) is 0 Å².